The van der Waals surface area contributed by atoms with Gasteiger partial charge < -0.3 is 20.3 Å². The molecule has 0 heterocycles. The van der Waals surface area contributed by atoms with Crippen molar-refractivity contribution in [1.29, 1.82) is 0 Å². The largest absolute Gasteiger partial charge is 0.466 e. The molecule has 0 spiro atoms. The molecule has 0 aromatic rings. The summed E-state index contributed by atoms with van der Waals surface area (Å²) in [5.74, 6) is -0.169. The smallest absolute Gasteiger partial charge is 0.305 e. The highest BCUT2D eigenvalue weighted by Gasteiger charge is 2.17. The summed E-state index contributed by atoms with van der Waals surface area (Å²) in [7, 11) is 0. The number of unbranched alkanes of at least 4 members (excludes halogenated alkanes) is 27. The number of aliphatic hydroxyl groups is 2. The Hall–Kier alpha value is -1.92. The molecular weight excluding hydrogens is 671 g/mol. The zero-order valence-electron chi connectivity index (χ0n) is 35.7. The van der Waals surface area contributed by atoms with E-state index in [9.17, 15) is 19.8 Å². The quantitative estimate of drug-likeness (QED) is 0.0327. The van der Waals surface area contributed by atoms with Crippen molar-refractivity contribution in [1.82, 2.24) is 5.32 Å². The van der Waals surface area contributed by atoms with Crippen LogP contribution in [-0.4, -0.2) is 47.4 Å². The zero-order chi connectivity index (χ0) is 39.4. The van der Waals surface area contributed by atoms with Crippen LogP contribution in [0.15, 0.2) is 36.5 Å². The molecule has 1 amide bonds. The third-order valence-electron chi connectivity index (χ3n) is 10.4. The monoisotopic (exact) mass is 760 g/mol. The van der Waals surface area contributed by atoms with Crippen molar-refractivity contribution in [3.63, 3.8) is 0 Å². The standard InChI is InChI=1S/C48H89NO5/c1-3-5-7-9-11-13-14-15-16-19-22-26-30-34-38-42-48(53)54-43-39-35-31-27-23-20-17-18-21-25-29-33-37-41-47(52)49-45(44-50)46(51)40-36-32-28-24-12-10-8-6-4-2/h18,21,29,33,36,40,45-46,50-51H,3-17,19-20,22-28,30-32,34-35,37-39,41-44H2,1-2H3,(H,49,52)/b21-18-,33-29-,40-36+. The molecule has 2 unspecified atom stereocenters. The number of carbonyl (C=O) groups is 2. The second kappa shape index (κ2) is 43.8. The normalized spacial score (nSPS) is 13.0. The molecule has 0 aliphatic carbocycles. The molecule has 0 bridgehead atoms. The second-order valence-electron chi connectivity index (χ2n) is 15.7. The molecule has 0 radical (unpaired) electrons. The van der Waals surface area contributed by atoms with Gasteiger partial charge in [0.25, 0.3) is 0 Å². The molecule has 0 saturated carbocycles. The van der Waals surface area contributed by atoms with Crippen LogP contribution < -0.4 is 5.32 Å². The molecule has 0 aromatic heterocycles. The fourth-order valence-corrected chi connectivity index (χ4v) is 6.80. The number of esters is 1. The predicted octanol–water partition coefficient (Wildman–Crippen LogP) is 13.3. The van der Waals surface area contributed by atoms with E-state index in [-0.39, 0.29) is 18.5 Å². The summed E-state index contributed by atoms with van der Waals surface area (Å²) in [5.41, 5.74) is 0. The van der Waals surface area contributed by atoms with Crippen molar-refractivity contribution < 1.29 is 24.5 Å². The van der Waals surface area contributed by atoms with Gasteiger partial charge in [-0.05, 0) is 51.4 Å². The van der Waals surface area contributed by atoms with Crippen molar-refractivity contribution in [2.24, 2.45) is 0 Å². The highest BCUT2D eigenvalue weighted by Crippen LogP contribution is 2.15. The van der Waals surface area contributed by atoms with Crippen molar-refractivity contribution in [3.05, 3.63) is 36.5 Å². The van der Waals surface area contributed by atoms with Crippen LogP contribution in [0.3, 0.4) is 0 Å². The summed E-state index contributed by atoms with van der Waals surface area (Å²) in [6.45, 7) is 4.79. The summed E-state index contributed by atoms with van der Waals surface area (Å²) in [6.07, 6.45) is 51.5. The van der Waals surface area contributed by atoms with Crippen LogP contribution in [0.2, 0.25) is 0 Å². The first-order valence-corrected chi connectivity index (χ1v) is 23.3. The molecule has 0 rings (SSSR count). The first kappa shape index (κ1) is 52.1. The van der Waals surface area contributed by atoms with E-state index in [1.165, 1.54) is 148 Å². The van der Waals surface area contributed by atoms with E-state index in [1.807, 2.05) is 12.2 Å². The molecule has 54 heavy (non-hydrogen) atoms. The molecule has 0 aromatic carbocycles. The number of nitrogens with one attached hydrogen (secondary N) is 1. The molecule has 0 fully saturated rings. The summed E-state index contributed by atoms with van der Waals surface area (Å²) < 4.78 is 5.44. The second-order valence-corrected chi connectivity index (χ2v) is 15.7. The fourth-order valence-electron chi connectivity index (χ4n) is 6.80. The van der Waals surface area contributed by atoms with Gasteiger partial charge in [-0.25, -0.2) is 0 Å². The first-order chi connectivity index (χ1) is 26.5. The Balaban J connectivity index is 3.55. The number of aliphatic hydroxyl groups excluding tert-OH is 2. The van der Waals surface area contributed by atoms with Crippen LogP contribution in [0, 0.1) is 0 Å². The Kier molecular flexibility index (Phi) is 42.2. The van der Waals surface area contributed by atoms with Crippen molar-refractivity contribution >= 4 is 11.9 Å². The SMILES string of the molecule is CCCCCCCCC/C=C/C(O)C(CO)NC(=O)CC/C=C\C/C=C\CCCCCCCCOC(=O)CCCCCCCCCCCCCCCCC. The van der Waals surface area contributed by atoms with Crippen molar-refractivity contribution in [2.45, 2.75) is 244 Å². The van der Waals surface area contributed by atoms with Gasteiger partial charge in [-0.2, -0.15) is 0 Å². The van der Waals surface area contributed by atoms with E-state index in [0.717, 1.165) is 51.4 Å². The molecule has 2 atom stereocenters. The number of amides is 1. The Bertz CT molecular complexity index is 884. The van der Waals surface area contributed by atoms with Crippen LogP contribution in [-0.2, 0) is 14.3 Å². The number of hydrogen-bond donors (Lipinski definition) is 3. The zero-order valence-corrected chi connectivity index (χ0v) is 35.7. The predicted molar refractivity (Wildman–Crippen MR) is 232 cm³/mol. The van der Waals surface area contributed by atoms with Gasteiger partial charge in [0.2, 0.25) is 5.91 Å². The average Bonchev–Trinajstić information content (AvgIpc) is 3.17. The van der Waals surface area contributed by atoms with E-state index in [4.69, 9.17) is 4.74 Å². The summed E-state index contributed by atoms with van der Waals surface area (Å²) in [6, 6.07) is -0.669. The highest BCUT2D eigenvalue weighted by molar-refractivity contribution is 5.76. The number of allylic oxidation sites excluding steroid dienone is 5. The third kappa shape index (κ3) is 39.8. The molecule has 0 aliphatic rings. The molecule has 3 N–H and O–H groups in total. The van der Waals surface area contributed by atoms with Crippen molar-refractivity contribution in [2.75, 3.05) is 13.2 Å². The Morgan fingerprint density at radius 1 is 0.519 bits per heavy atom. The van der Waals surface area contributed by atoms with E-state index in [0.29, 0.717) is 25.9 Å². The van der Waals surface area contributed by atoms with Gasteiger partial charge >= 0.3 is 5.97 Å². The number of carbonyl (C=O) groups excluding carboxylic acids is 2. The average molecular weight is 760 g/mol. The van der Waals surface area contributed by atoms with E-state index >= 15 is 0 Å². The van der Waals surface area contributed by atoms with E-state index in [2.05, 4.69) is 37.4 Å². The number of hydrogen-bond acceptors (Lipinski definition) is 5. The first-order valence-electron chi connectivity index (χ1n) is 23.3. The van der Waals surface area contributed by atoms with Gasteiger partial charge in [-0.15, -0.1) is 0 Å². The Labute approximate surface area is 334 Å². The number of rotatable bonds is 42. The van der Waals surface area contributed by atoms with Gasteiger partial charge in [-0.1, -0.05) is 204 Å². The molecule has 316 valence electrons. The maximum atomic E-state index is 12.3. The Morgan fingerprint density at radius 3 is 1.44 bits per heavy atom. The highest BCUT2D eigenvalue weighted by atomic mass is 16.5. The van der Waals surface area contributed by atoms with Crippen LogP contribution in [0.25, 0.3) is 0 Å². The van der Waals surface area contributed by atoms with E-state index < -0.39 is 12.1 Å². The van der Waals surface area contributed by atoms with Crippen molar-refractivity contribution in [3.8, 4) is 0 Å². The molecule has 6 nitrogen and oxygen atoms in total. The van der Waals surface area contributed by atoms with Crippen LogP contribution in [0.1, 0.15) is 232 Å². The lowest BCUT2D eigenvalue weighted by Gasteiger charge is -2.19. The maximum Gasteiger partial charge on any atom is 0.305 e. The molecule has 6 heteroatoms. The summed E-state index contributed by atoms with van der Waals surface area (Å²) in [5, 5.41) is 22.8. The topological polar surface area (TPSA) is 95.9 Å². The minimum atomic E-state index is -0.876. The van der Waals surface area contributed by atoms with Gasteiger partial charge in [0.05, 0.1) is 25.4 Å². The van der Waals surface area contributed by atoms with Gasteiger partial charge in [0.15, 0.2) is 0 Å². The third-order valence-corrected chi connectivity index (χ3v) is 10.4. The Morgan fingerprint density at radius 2 is 0.944 bits per heavy atom. The lowest BCUT2D eigenvalue weighted by atomic mass is 10.0. The maximum absolute atomic E-state index is 12.3. The van der Waals surface area contributed by atoms with Crippen LogP contribution in [0.5, 0.6) is 0 Å². The fraction of sp³-hybridized carbons (Fsp3) is 0.833. The lowest BCUT2D eigenvalue weighted by molar-refractivity contribution is -0.143. The summed E-state index contributed by atoms with van der Waals surface area (Å²) >= 11 is 0. The lowest BCUT2D eigenvalue weighted by Crippen LogP contribution is -2.45. The van der Waals surface area contributed by atoms with E-state index in [1.54, 1.807) is 6.08 Å². The molecule has 0 aliphatic heterocycles. The molecule has 0 saturated heterocycles. The number of ether oxygens (including phenoxy) is 1. The van der Waals surface area contributed by atoms with Gasteiger partial charge in [0, 0.05) is 12.8 Å². The minimum Gasteiger partial charge on any atom is -0.466 e. The summed E-state index contributed by atoms with van der Waals surface area (Å²) in [4.78, 5) is 24.3. The molecular formula is C48H89NO5. The van der Waals surface area contributed by atoms with Crippen LogP contribution in [0.4, 0.5) is 0 Å². The van der Waals surface area contributed by atoms with Crippen LogP contribution >= 0.6 is 0 Å². The minimum absolute atomic E-state index is 0.0170. The van der Waals surface area contributed by atoms with Gasteiger partial charge in [0.1, 0.15) is 0 Å². The van der Waals surface area contributed by atoms with Gasteiger partial charge in [-0.3, -0.25) is 9.59 Å².